The first-order valence-corrected chi connectivity index (χ1v) is 5.87. The van der Waals surface area contributed by atoms with E-state index < -0.39 is 11.6 Å². The molecule has 5 heteroatoms. The summed E-state index contributed by atoms with van der Waals surface area (Å²) >= 11 is 8.81. The molecular formula is C12H6BrClFNO. The van der Waals surface area contributed by atoms with E-state index in [0.717, 1.165) is 0 Å². The first-order valence-electron chi connectivity index (χ1n) is 4.70. The molecule has 1 heterocycles. The molecule has 0 saturated carbocycles. The summed E-state index contributed by atoms with van der Waals surface area (Å²) in [6.45, 7) is 0. The molecule has 0 unspecified atom stereocenters. The fourth-order valence-corrected chi connectivity index (χ4v) is 1.81. The maximum Gasteiger partial charge on any atom is 0.214 e. The number of pyridine rings is 1. The Morgan fingerprint density at radius 2 is 2.06 bits per heavy atom. The Labute approximate surface area is 111 Å². The highest BCUT2D eigenvalue weighted by atomic mass is 79.9. The van der Waals surface area contributed by atoms with Gasteiger partial charge in [-0.3, -0.25) is 9.78 Å². The van der Waals surface area contributed by atoms with Crippen LogP contribution in [-0.2, 0) is 0 Å². The van der Waals surface area contributed by atoms with E-state index in [0.29, 0.717) is 4.47 Å². The van der Waals surface area contributed by atoms with Crippen LogP contribution >= 0.6 is 27.5 Å². The zero-order valence-electron chi connectivity index (χ0n) is 8.45. The lowest BCUT2D eigenvalue weighted by molar-refractivity contribution is 0.103. The van der Waals surface area contributed by atoms with Crippen molar-refractivity contribution in [3.05, 3.63) is 63.1 Å². The number of carbonyl (C=O) groups excluding carboxylic acids is 1. The minimum Gasteiger partial charge on any atom is -0.287 e. The van der Waals surface area contributed by atoms with Crippen LogP contribution in [0.3, 0.4) is 0 Å². The van der Waals surface area contributed by atoms with Crippen molar-refractivity contribution in [3.63, 3.8) is 0 Å². The van der Waals surface area contributed by atoms with Gasteiger partial charge in [-0.25, -0.2) is 4.39 Å². The summed E-state index contributed by atoms with van der Waals surface area (Å²) in [5, 5.41) is -0.105. The third-order valence-corrected chi connectivity index (χ3v) is 3.44. The molecular weight excluding hydrogens is 308 g/mol. The SMILES string of the molecule is O=C(c1ccccn1)c1ccc(Br)c(Cl)c1F. The third-order valence-electron chi connectivity index (χ3n) is 2.18. The van der Waals surface area contributed by atoms with E-state index in [2.05, 4.69) is 20.9 Å². The Hall–Kier alpha value is -1.26. The molecule has 0 aliphatic heterocycles. The number of aromatic nitrogens is 1. The molecule has 2 aromatic rings. The quantitative estimate of drug-likeness (QED) is 0.622. The number of rotatable bonds is 2. The van der Waals surface area contributed by atoms with Gasteiger partial charge in [0.15, 0.2) is 5.82 Å². The smallest absolute Gasteiger partial charge is 0.214 e. The van der Waals surface area contributed by atoms with Gasteiger partial charge in [0, 0.05) is 10.7 Å². The van der Waals surface area contributed by atoms with E-state index >= 15 is 0 Å². The van der Waals surface area contributed by atoms with E-state index in [1.807, 2.05) is 0 Å². The van der Waals surface area contributed by atoms with Gasteiger partial charge >= 0.3 is 0 Å². The monoisotopic (exact) mass is 313 g/mol. The van der Waals surface area contributed by atoms with E-state index in [-0.39, 0.29) is 16.3 Å². The first kappa shape index (κ1) is 12.2. The molecule has 0 bridgehead atoms. The lowest BCUT2D eigenvalue weighted by atomic mass is 10.1. The molecule has 0 fully saturated rings. The van der Waals surface area contributed by atoms with Crippen molar-refractivity contribution < 1.29 is 9.18 Å². The molecule has 0 spiro atoms. The molecule has 1 aromatic carbocycles. The fraction of sp³-hybridized carbons (Fsp3) is 0. The summed E-state index contributed by atoms with van der Waals surface area (Å²) < 4.78 is 14.2. The normalized spacial score (nSPS) is 10.3. The molecule has 0 aliphatic carbocycles. The van der Waals surface area contributed by atoms with Gasteiger partial charge in [0.1, 0.15) is 5.69 Å². The summed E-state index contributed by atoms with van der Waals surface area (Å²) in [5.41, 5.74) is 0.0988. The molecule has 0 amide bonds. The van der Waals surface area contributed by atoms with Crippen molar-refractivity contribution in [2.24, 2.45) is 0 Å². The van der Waals surface area contributed by atoms with E-state index in [4.69, 9.17) is 11.6 Å². The van der Waals surface area contributed by atoms with Gasteiger partial charge in [-0.05, 0) is 40.2 Å². The Kier molecular flexibility index (Phi) is 3.54. The van der Waals surface area contributed by atoms with Crippen molar-refractivity contribution in [2.45, 2.75) is 0 Å². The standard InChI is InChI=1S/C12H6BrClFNO/c13-8-5-4-7(11(15)10(8)14)12(17)9-3-1-2-6-16-9/h1-6H. The van der Waals surface area contributed by atoms with Crippen LogP contribution in [0.4, 0.5) is 4.39 Å². The maximum atomic E-state index is 13.8. The second-order valence-corrected chi connectivity index (χ2v) is 4.50. The molecule has 1 aromatic heterocycles. The Morgan fingerprint density at radius 3 is 2.71 bits per heavy atom. The van der Waals surface area contributed by atoms with Crippen molar-refractivity contribution in [1.82, 2.24) is 4.98 Å². The van der Waals surface area contributed by atoms with E-state index in [9.17, 15) is 9.18 Å². The zero-order chi connectivity index (χ0) is 12.4. The number of hydrogen-bond donors (Lipinski definition) is 0. The van der Waals surface area contributed by atoms with Crippen LogP contribution in [0.1, 0.15) is 16.1 Å². The van der Waals surface area contributed by atoms with Gasteiger partial charge in [-0.1, -0.05) is 17.7 Å². The van der Waals surface area contributed by atoms with Crippen LogP contribution in [0, 0.1) is 5.82 Å². The molecule has 0 aliphatic rings. The van der Waals surface area contributed by atoms with Gasteiger partial charge in [0.2, 0.25) is 5.78 Å². The predicted octanol–water partition coefficient (Wildman–Crippen LogP) is 3.87. The lowest BCUT2D eigenvalue weighted by Crippen LogP contribution is -2.06. The van der Waals surface area contributed by atoms with E-state index in [1.165, 1.54) is 24.4 Å². The lowest BCUT2D eigenvalue weighted by Gasteiger charge is -2.04. The minimum absolute atomic E-state index is 0.0862. The van der Waals surface area contributed by atoms with Crippen molar-refractivity contribution in [3.8, 4) is 0 Å². The molecule has 17 heavy (non-hydrogen) atoms. The molecule has 0 atom stereocenters. The number of nitrogens with zero attached hydrogens (tertiary/aromatic N) is 1. The highest BCUT2D eigenvalue weighted by Crippen LogP contribution is 2.28. The highest BCUT2D eigenvalue weighted by molar-refractivity contribution is 9.10. The Morgan fingerprint density at radius 1 is 1.29 bits per heavy atom. The van der Waals surface area contributed by atoms with Crippen LogP contribution < -0.4 is 0 Å². The summed E-state index contributed by atoms with van der Waals surface area (Å²) in [4.78, 5) is 15.8. The van der Waals surface area contributed by atoms with E-state index in [1.54, 1.807) is 12.1 Å². The minimum atomic E-state index is -0.739. The molecule has 2 nitrogen and oxygen atoms in total. The summed E-state index contributed by atoms with van der Waals surface area (Å²) in [6.07, 6.45) is 1.48. The molecule has 0 N–H and O–H groups in total. The molecule has 2 rings (SSSR count). The predicted molar refractivity (Wildman–Crippen MR) is 66.8 cm³/mol. The summed E-state index contributed by atoms with van der Waals surface area (Å²) in [6, 6.07) is 7.78. The molecule has 0 saturated heterocycles. The maximum absolute atomic E-state index is 13.8. The second-order valence-electron chi connectivity index (χ2n) is 3.27. The number of ketones is 1. The number of halogens is 3. The third kappa shape index (κ3) is 2.37. The number of benzene rings is 1. The van der Waals surface area contributed by atoms with Crippen molar-refractivity contribution in [1.29, 1.82) is 0 Å². The summed E-state index contributed by atoms with van der Waals surface area (Å²) in [7, 11) is 0. The second kappa shape index (κ2) is 4.94. The number of hydrogen-bond acceptors (Lipinski definition) is 2. The van der Waals surface area contributed by atoms with Gasteiger partial charge in [0.25, 0.3) is 0 Å². The molecule has 0 radical (unpaired) electrons. The van der Waals surface area contributed by atoms with Gasteiger partial charge in [-0.15, -0.1) is 0 Å². The average molecular weight is 315 g/mol. The topological polar surface area (TPSA) is 30.0 Å². The fourth-order valence-electron chi connectivity index (χ4n) is 1.34. The van der Waals surface area contributed by atoms with Crippen LogP contribution in [0.15, 0.2) is 41.0 Å². The van der Waals surface area contributed by atoms with Crippen LogP contribution in [0.25, 0.3) is 0 Å². The molecule has 86 valence electrons. The van der Waals surface area contributed by atoms with Crippen molar-refractivity contribution in [2.75, 3.05) is 0 Å². The van der Waals surface area contributed by atoms with Gasteiger partial charge < -0.3 is 0 Å². The van der Waals surface area contributed by atoms with Crippen LogP contribution in [0.2, 0.25) is 5.02 Å². The average Bonchev–Trinajstić information content (AvgIpc) is 2.36. The first-order chi connectivity index (χ1) is 8.11. The number of carbonyl (C=O) groups is 1. The van der Waals surface area contributed by atoms with Crippen molar-refractivity contribution >= 4 is 33.3 Å². The zero-order valence-corrected chi connectivity index (χ0v) is 10.8. The van der Waals surface area contributed by atoms with Crippen LogP contribution in [0.5, 0.6) is 0 Å². The van der Waals surface area contributed by atoms with Gasteiger partial charge in [0.05, 0.1) is 10.6 Å². The van der Waals surface area contributed by atoms with Crippen LogP contribution in [-0.4, -0.2) is 10.8 Å². The van der Waals surface area contributed by atoms with Gasteiger partial charge in [-0.2, -0.15) is 0 Å². The Bertz CT molecular complexity index is 574. The summed E-state index contributed by atoms with van der Waals surface area (Å²) in [5.74, 6) is -1.23. The Balaban J connectivity index is 2.49. The highest BCUT2D eigenvalue weighted by Gasteiger charge is 2.18. The largest absolute Gasteiger partial charge is 0.287 e.